The number of rotatable bonds is 7. The molecule has 0 bridgehead atoms. The molecule has 0 saturated heterocycles. The van der Waals surface area contributed by atoms with E-state index in [4.69, 9.17) is 5.11 Å². The molecule has 1 fully saturated rings. The van der Waals surface area contributed by atoms with Gasteiger partial charge in [0.2, 0.25) is 10.0 Å². The molecule has 0 aromatic heterocycles. The number of aromatic carboxylic acids is 1. The molecule has 0 aliphatic heterocycles. The van der Waals surface area contributed by atoms with Crippen LogP contribution in [0.25, 0.3) is 0 Å². The highest BCUT2D eigenvalue weighted by Crippen LogP contribution is 2.27. The quantitative estimate of drug-likeness (QED) is 0.693. The van der Waals surface area contributed by atoms with Gasteiger partial charge in [-0.3, -0.25) is 0 Å². The van der Waals surface area contributed by atoms with Gasteiger partial charge in [0.25, 0.3) is 0 Å². The van der Waals surface area contributed by atoms with E-state index >= 15 is 0 Å². The standard InChI is InChI=1S/C20H27NO5S/c1-27(25,26)21(16-6-14-20(24)12-3-2-4-13-20)15-5-7-17-8-10-18(11-9-17)19(22)23/h8-11,24H,2-5,7,12-13,15-16H2,1H3,(H,22,23). The minimum absolute atomic E-state index is 0.0685. The predicted octanol–water partition coefficient (Wildman–Crippen LogP) is 2.28. The Morgan fingerprint density at radius 1 is 1.19 bits per heavy atom. The summed E-state index contributed by atoms with van der Waals surface area (Å²) in [6.45, 7) is 0.395. The molecule has 1 aliphatic carbocycles. The molecular weight excluding hydrogens is 366 g/mol. The molecule has 0 heterocycles. The van der Waals surface area contributed by atoms with Crippen molar-refractivity contribution in [2.24, 2.45) is 0 Å². The Hall–Kier alpha value is -1.88. The Kier molecular flexibility index (Phi) is 7.42. The van der Waals surface area contributed by atoms with E-state index in [9.17, 15) is 18.3 Å². The van der Waals surface area contributed by atoms with E-state index in [1.807, 2.05) is 0 Å². The molecule has 1 aromatic carbocycles. The first-order valence-electron chi connectivity index (χ1n) is 9.19. The van der Waals surface area contributed by atoms with Gasteiger partial charge in [-0.05, 0) is 56.2 Å². The second-order valence-electron chi connectivity index (χ2n) is 7.10. The van der Waals surface area contributed by atoms with E-state index in [-0.39, 0.29) is 12.1 Å². The molecule has 27 heavy (non-hydrogen) atoms. The van der Waals surface area contributed by atoms with Gasteiger partial charge in [0.05, 0.1) is 18.4 Å². The van der Waals surface area contributed by atoms with Gasteiger partial charge in [-0.1, -0.05) is 30.4 Å². The van der Waals surface area contributed by atoms with E-state index in [0.29, 0.717) is 32.2 Å². The maximum absolute atomic E-state index is 12.0. The minimum Gasteiger partial charge on any atom is -0.478 e. The van der Waals surface area contributed by atoms with Gasteiger partial charge < -0.3 is 10.2 Å². The number of carboxylic acids is 1. The Morgan fingerprint density at radius 2 is 1.81 bits per heavy atom. The Balaban J connectivity index is 1.90. The number of nitrogens with zero attached hydrogens (tertiary/aromatic N) is 1. The molecule has 2 N–H and O–H groups in total. The zero-order valence-electron chi connectivity index (χ0n) is 15.6. The monoisotopic (exact) mass is 393 g/mol. The highest BCUT2D eigenvalue weighted by molar-refractivity contribution is 7.88. The molecular formula is C20H27NO5S. The van der Waals surface area contributed by atoms with Crippen LogP contribution in [-0.2, 0) is 16.4 Å². The Morgan fingerprint density at radius 3 is 2.37 bits per heavy atom. The summed E-state index contributed by atoms with van der Waals surface area (Å²) in [7, 11) is -3.39. The molecule has 148 valence electrons. The largest absolute Gasteiger partial charge is 0.478 e. The fraction of sp³-hybridized carbons (Fsp3) is 0.550. The van der Waals surface area contributed by atoms with Crippen molar-refractivity contribution in [3.63, 3.8) is 0 Å². The summed E-state index contributed by atoms with van der Waals surface area (Å²) < 4.78 is 25.3. The van der Waals surface area contributed by atoms with Crippen molar-refractivity contribution in [3.05, 3.63) is 35.4 Å². The van der Waals surface area contributed by atoms with Crippen LogP contribution in [0.4, 0.5) is 0 Å². The van der Waals surface area contributed by atoms with E-state index in [1.165, 1.54) is 4.31 Å². The molecule has 1 aliphatic rings. The summed E-state index contributed by atoms with van der Waals surface area (Å²) in [6, 6.07) is 6.57. The van der Waals surface area contributed by atoms with Crippen LogP contribution in [0.3, 0.4) is 0 Å². The van der Waals surface area contributed by atoms with E-state index in [1.54, 1.807) is 24.3 Å². The van der Waals surface area contributed by atoms with Crippen LogP contribution in [-0.4, -0.2) is 53.9 Å². The van der Waals surface area contributed by atoms with Crippen molar-refractivity contribution in [3.8, 4) is 11.8 Å². The molecule has 0 radical (unpaired) electrons. The van der Waals surface area contributed by atoms with Crippen molar-refractivity contribution in [2.45, 2.75) is 50.5 Å². The number of hydrogen-bond acceptors (Lipinski definition) is 4. The number of aryl methyl sites for hydroxylation is 1. The number of sulfonamides is 1. The second kappa shape index (κ2) is 9.36. The highest BCUT2D eigenvalue weighted by Gasteiger charge is 2.26. The normalized spacial score (nSPS) is 16.6. The van der Waals surface area contributed by atoms with Gasteiger partial charge >= 0.3 is 5.97 Å². The van der Waals surface area contributed by atoms with Gasteiger partial charge in [0.1, 0.15) is 5.60 Å². The Labute approximate surface area is 161 Å². The van der Waals surface area contributed by atoms with Crippen LogP contribution in [0.2, 0.25) is 0 Å². The second-order valence-corrected chi connectivity index (χ2v) is 9.08. The predicted molar refractivity (Wildman–Crippen MR) is 104 cm³/mol. The fourth-order valence-electron chi connectivity index (χ4n) is 3.19. The van der Waals surface area contributed by atoms with Crippen LogP contribution < -0.4 is 0 Å². The first-order valence-corrected chi connectivity index (χ1v) is 11.0. The maximum atomic E-state index is 12.0. The van der Waals surface area contributed by atoms with Crippen molar-refractivity contribution in [2.75, 3.05) is 19.3 Å². The van der Waals surface area contributed by atoms with Gasteiger partial charge in [-0.15, -0.1) is 0 Å². The summed E-state index contributed by atoms with van der Waals surface area (Å²) in [6.07, 6.45) is 6.69. The molecule has 6 nitrogen and oxygen atoms in total. The van der Waals surface area contributed by atoms with E-state index < -0.39 is 21.6 Å². The maximum Gasteiger partial charge on any atom is 0.335 e. The average molecular weight is 394 g/mol. The lowest BCUT2D eigenvalue weighted by Crippen LogP contribution is -2.33. The number of carboxylic acid groups (broad SMARTS) is 1. The third-order valence-corrected chi connectivity index (χ3v) is 6.05. The summed E-state index contributed by atoms with van der Waals surface area (Å²) >= 11 is 0. The zero-order chi connectivity index (χ0) is 19.9. The van der Waals surface area contributed by atoms with Gasteiger partial charge in [-0.25, -0.2) is 13.2 Å². The summed E-state index contributed by atoms with van der Waals surface area (Å²) in [5.74, 6) is 4.75. The van der Waals surface area contributed by atoms with Crippen molar-refractivity contribution in [1.82, 2.24) is 4.31 Å². The molecule has 0 unspecified atom stereocenters. The number of benzene rings is 1. The van der Waals surface area contributed by atoms with Crippen LogP contribution in [0.1, 0.15) is 54.4 Å². The molecule has 0 spiro atoms. The number of aliphatic hydroxyl groups is 1. The number of carbonyl (C=O) groups is 1. The number of hydrogen-bond donors (Lipinski definition) is 2. The Bertz CT molecular complexity index is 799. The molecule has 0 atom stereocenters. The molecule has 1 aromatic rings. The highest BCUT2D eigenvalue weighted by atomic mass is 32.2. The van der Waals surface area contributed by atoms with Crippen LogP contribution >= 0.6 is 0 Å². The lowest BCUT2D eigenvalue weighted by atomic mass is 9.85. The van der Waals surface area contributed by atoms with E-state index in [2.05, 4.69) is 11.8 Å². The van der Waals surface area contributed by atoms with Gasteiger partial charge in [0, 0.05) is 6.54 Å². The lowest BCUT2D eigenvalue weighted by molar-refractivity contribution is 0.0608. The molecule has 2 rings (SSSR count). The lowest BCUT2D eigenvalue weighted by Gasteiger charge is -2.26. The SMILES string of the molecule is CS(=O)(=O)N(CC#CC1(O)CCCCC1)CCCc1ccc(C(=O)O)cc1. The minimum atomic E-state index is -3.39. The topological polar surface area (TPSA) is 94.9 Å². The summed E-state index contributed by atoms with van der Waals surface area (Å²) in [5.41, 5.74) is 0.205. The van der Waals surface area contributed by atoms with Crippen molar-refractivity contribution >= 4 is 16.0 Å². The van der Waals surface area contributed by atoms with Crippen LogP contribution in [0.5, 0.6) is 0 Å². The smallest absolute Gasteiger partial charge is 0.335 e. The van der Waals surface area contributed by atoms with E-state index in [0.717, 1.165) is 31.1 Å². The molecule has 1 saturated carbocycles. The first kappa shape index (κ1) is 21.4. The van der Waals surface area contributed by atoms with Crippen molar-refractivity contribution in [1.29, 1.82) is 0 Å². The molecule has 0 amide bonds. The first-order chi connectivity index (χ1) is 12.7. The molecule has 7 heteroatoms. The third-order valence-electron chi connectivity index (χ3n) is 4.80. The summed E-state index contributed by atoms with van der Waals surface area (Å²) in [4.78, 5) is 10.9. The zero-order valence-corrected chi connectivity index (χ0v) is 16.5. The van der Waals surface area contributed by atoms with Crippen LogP contribution in [0, 0.1) is 11.8 Å². The van der Waals surface area contributed by atoms with Gasteiger partial charge in [-0.2, -0.15) is 4.31 Å². The fourth-order valence-corrected chi connectivity index (χ4v) is 3.95. The third kappa shape index (κ3) is 6.98. The van der Waals surface area contributed by atoms with Gasteiger partial charge in [0.15, 0.2) is 0 Å². The van der Waals surface area contributed by atoms with Crippen LogP contribution in [0.15, 0.2) is 24.3 Å². The summed E-state index contributed by atoms with van der Waals surface area (Å²) in [5, 5.41) is 19.3. The van der Waals surface area contributed by atoms with Crippen molar-refractivity contribution < 1.29 is 23.4 Å². The average Bonchev–Trinajstić information content (AvgIpc) is 2.60.